The number of rotatable bonds is 13. The number of fused-ring (bicyclic) bond motifs is 19. The molecule has 0 saturated carbocycles. The zero-order valence-corrected chi connectivity index (χ0v) is 76.5. The molecule has 18 aromatic carbocycles. The molecule has 15 nitrogen and oxygen atoms in total. The van der Waals surface area contributed by atoms with Gasteiger partial charge in [-0.05, 0) is 202 Å². The van der Waals surface area contributed by atoms with E-state index in [1.54, 1.807) is 0 Å². The van der Waals surface area contributed by atoms with E-state index in [0.717, 1.165) is 166 Å². The summed E-state index contributed by atoms with van der Waals surface area (Å²) in [5, 5.41) is 14.1. The van der Waals surface area contributed by atoms with Crippen LogP contribution in [0.1, 0.15) is 0 Å². The van der Waals surface area contributed by atoms with Gasteiger partial charge in [-0.3, -0.25) is 23.7 Å². The molecule has 0 atom stereocenters. The van der Waals surface area contributed by atoms with Gasteiger partial charge in [0, 0.05) is 117 Å². The Labute approximate surface area is 814 Å². The highest BCUT2D eigenvalue weighted by atomic mass is 15.2. The molecule has 142 heavy (non-hydrogen) atoms. The van der Waals surface area contributed by atoms with E-state index in [1.807, 2.05) is 170 Å². The Hall–Kier alpha value is -19.5. The van der Waals surface area contributed by atoms with Crippen molar-refractivity contribution < 1.29 is 0 Å². The number of hydrogen-bond donors (Lipinski definition) is 0. The Bertz CT molecular complexity index is 9470. The van der Waals surface area contributed by atoms with Crippen molar-refractivity contribution in [2.75, 3.05) is 0 Å². The fourth-order valence-corrected chi connectivity index (χ4v) is 21.2. The van der Waals surface area contributed by atoms with Crippen molar-refractivity contribution >= 4 is 142 Å². The standard InChI is InChI=1S/2C44H28N6.C39H25N3/c2*1-4-14-29(15-5-1)42-46-43(30-16-6-2-7-17-30)48-44(47-42)50-36-22-11-10-20-34(36)40-33(21-12-23-38(40)50)31-25-26-37-35(28-31)41-39(24-13-27-45-41)49(37)32-18-8-3-9-19-32;1-2-12-29(13-3-1)42-36-22-20-28(25-34(36)32-16-9-23-40-39(32)42)31-15-8-18-37-38(31)33-14-6-7-17-35(33)41(37)30-21-19-26-10-4-5-11-27(26)24-30/h2*1-28H;1-25H. The molecule has 0 radical (unpaired) electrons. The molecule has 0 aliphatic rings. The largest absolute Gasteiger partial charge is 0.309 e. The number of hydrogen-bond acceptors (Lipinski definition) is 9. The maximum Gasteiger partial charge on any atom is 0.238 e. The lowest BCUT2D eigenvalue weighted by molar-refractivity contribution is 0.953. The first-order valence-electron chi connectivity index (χ1n) is 47.6. The van der Waals surface area contributed by atoms with Crippen LogP contribution in [0.2, 0.25) is 0 Å². The third-order valence-electron chi connectivity index (χ3n) is 27.4. The number of aromatic nitrogens is 15. The summed E-state index contributed by atoms with van der Waals surface area (Å²) < 4.78 is 13.6. The van der Waals surface area contributed by atoms with E-state index in [1.165, 1.54) is 54.8 Å². The Kier molecular flexibility index (Phi) is 19.9. The lowest BCUT2D eigenvalue weighted by atomic mass is 9.98. The van der Waals surface area contributed by atoms with Gasteiger partial charge in [-0.1, -0.05) is 315 Å². The van der Waals surface area contributed by atoms with Crippen LogP contribution in [0.25, 0.3) is 256 Å². The molecule has 0 aliphatic heterocycles. The normalized spacial score (nSPS) is 11.7. The SMILES string of the molecule is c1ccc(-c2nc(-c3ccccc3)nc(-n3c4ccccc4c4c(-c5ccc6c(c5)c5ncccc5n6-c5ccccc5)cccc43)n2)cc1.c1ccc(-c2nc(-c3ccccc3)nc(-n3c4ccccc4c4c(-c5ccc6c(c5)c5ncccc5n6-c5ccccc5)cccc43)n2)cc1.c1ccc(-n2c3ccc(-c4cccc5c4c4ccccc4n5-c4ccc5ccccc5c4)cc3c3cccnc32)cc1. The summed E-state index contributed by atoms with van der Waals surface area (Å²) in [7, 11) is 0. The van der Waals surface area contributed by atoms with Crippen LogP contribution in [0.4, 0.5) is 0 Å². The summed E-state index contributed by atoms with van der Waals surface area (Å²) in [5.74, 6) is 3.67. The quantitative estimate of drug-likeness (QED) is 0.110. The minimum Gasteiger partial charge on any atom is -0.309 e. The lowest BCUT2D eigenvalue weighted by Gasteiger charge is -2.11. The van der Waals surface area contributed by atoms with Crippen LogP contribution in [0, 0.1) is 0 Å². The Balaban J connectivity index is 0.000000107. The second-order valence-electron chi connectivity index (χ2n) is 35.5. The molecule has 0 amide bonds. The van der Waals surface area contributed by atoms with Crippen molar-refractivity contribution in [2.24, 2.45) is 0 Å². The molecule has 0 unspecified atom stereocenters. The van der Waals surface area contributed by atoms with E-state index in [2.05, 4.69) is 349 Å². The number of para-hydroxylation sites is 6. The van der Waals surface area contributed by atoms with Gasteiger partial charge in [-0.15, -0.1) is 0 Å². The van der Waals surface area contributed by atoms with Gasteiger partial charge in [0.05, 0.1) is 71.7 Å². The molecule has 0 aliphatic carbocycles. The van der Waals surface area contributed by atoms with Crippen LogP contribution in [0.5, 0.6) is 0 Å². The van der Waals surface area contributed by atoms with Crippen molar-refractivity contribution in [1.82, 2.24) is 72.3 Å². The van der Waals surface area contributed by atoms with Crippen molar-refractivity contribution in [2.45, 2.75) is 0 Å². The lowest BCUT2D eigenvalue weighted by Crippen LogP contribution is -2.06. The van der Waals surface area contributed by atoms with Crippen molar-refractivity contribution in [3.05, 3.63) is 492 Å². The van der Waals surface area contributed by atoms with E-state index >= 15 is 0 Å². The molecule has 664 valence electrons. The third kappa shape index (κ3) is 13.9. The molecule has 15 heteroatoms. The average Bonchev–Trinajstić information content (AvgIpc) is 1.57. The van der Waals surface area contributed by atoms with E-state index in [4.69, 9.17) is 44.9 Å². The summed E-state index contributed by atoms with van der Waals surface area (Å²) >= 11 is 0. The van der Waals surface area contributed by atoms with Gasteiger partial charge < -0.3 is 13.7 Å². The average molecular weight is 1820 g/mol. The van der Waals surface area contributed by atoms with Crippen LogP contribution >= 0.6 is 0 Å². The maximum absolute atomic E-state index is 5.11. The van der Waals surface area contributed by atoms with Gasteiger partial charge in [0.15, 0.2) is 23.3 Å². The third-order valence-corrected chi connectivity index (χ3v) is 27.4. The number of benzene rings is 18. The molecule has 29 rings (SSSR count). The number of pyridine rings is 3. The smallest absolute Gasteiger partial charge is 0.238 e. The second kappa shape index (κ2) is 34.4. The molecule has 11 heterocycles. The predicted molar refractivity (Wildman–Crippen MR) is 581 cm³/mol. The van der Waals surface area contributed by atoms with Gasteiger partial charge in [-0.2, -0.15) is 19.9 Å². The van der Waals surface area contributed by atoms with Crippen LogP contribution < -0.4 is 0 Å². The van der Waals surface area contributed by atoms with Crippen LogP contribution in [0.15, 0.2) is 492 Å². The second-order valence-corrected chi connectivity index (χ2v) is 35.5. The first-order chi connectivity index (χ1) is 70.5. The number of nitrogens with zero attached hydrogens (tertiary/aromatic N) is 15. The fraction of sp³-hybridized carbons (Fsp3) is 0. The zero-order chi connectivity index (χ0) is 93.7. The van der Waals surface area contributed by atoms with Crippen LogP contribution in [0.3, 0.4) is 0 Å². The van der Waals surface area contributed by atoms with E-state index in [0.29, 0.717) is 35.2 Å². The predicted octanol–water partition coefficient (Wildman–Crippen LogP) is 31.0. The molecule has 0 saturated heterocycles. The van der Waals surface area contributed by atoms with Gasteiger partial charge in [0.25, 0.3) is 0 Å². The Morgan fingerprint density at radius 1 is 0.155 bits per heavy atom. The first kappa shape index (κ1) is 82.0. The molecule has 11 aromatic heterocycles. The highest BCUT2D eigenvalue weighted by Gasteiger charge is 2.27. The van der Waals surface area contributed by atoms with Crippen molar-refractivity contribution in [3.8, 4) is 114 Å². The molecule has 0 spiro atoms. The zero-order valence-electron chi connectivity index (χ0n) is 76.5. The summed E-state index contributed by atoms with van der Waals surface area (Å²) in [6.07, 6.45) is 5.63. The molecule has 0 fully saturated rings. The van der Waals surface area contributed by atoms with Crippen LogP contribution in [-0.2, 0) is 0 Å². The summed E-state index contributed by atoms with van der Waals surface area (Å²) in [6.45, 7) is 0. The van der Waals surface area contributed by atoms with Gasteiger partial charge >= 0.3 is 0 Å². The minimum atomic E-state index is 0.576. The van der Waals surface area contributed by atoms with Crippen molar-refractivity contribution in [3.63, 3.8) is 0 Å². The summed E-state index contributed by atoms with van der Waals surface area (Å²) in [4.78, 5) is 44.9. The van der Waals surface area contributed by atoms with Gasteiger partial charge in [0.2, 0.25) is 11.9 Å². The monoisotopic (exact) mass is 1820 g/mol. The van der Waals surface area contributed by atoms with Gasteiger partial charge in [-0.25, -0.2) is 15.0 Å². The molecular formula is C127H81N15. The summed E-state index contributed by atoms with van der Waals surface area (Å²) in [6, 6.07) is 166. The van der Waals surface area contributed by atoms with E-state index in [-0.39, 0.29) is 0 Å². The molecule has 0 bridgehead atoms. The molecular weight excluding hydrogens is 1740 g/mol. The highest BCUT2D eigenvalue weighted by Crippen LogP contribution is 2.47. The Morgan fingerprint density at radius 3 is 0.880 bits per heavy atom. The highest BCUT2D eigenvalue weighted by molar-refractivity contribution is 6.21. The maximum atomic E-state index is 5.11. The summed E-state index contributed by atoms with van der Waals surface area (Å²) in [5.41, 5.74) is 30.2. The van der Waals surface area contributed by atoms with Gasteiger partial charge in [0.1, 0.15) is 5.65 Å². The molecule has 29 aromatic rings. The first-order valence-corrected chi connectivity index (χ1v) is 47.6. The molecule has 0 N–H and O–H groups in total. The minimum absolute atomic E-state index is 0.576. The van der Waals surface area contributed by atoms with Crippen LogP contribution in [-0.4, -0.2) is 72.3 Å². The Morgan fingerprint density at radius 2 is 0.458 bits per heavy atom. The van der Waals surface area contributed by atoms with E-state index < -0.39 is 0 Å². The van der Waals surface area contributed by atoms with Crippen molar-refractivity contribution in [1.29, 1.82) is 0 Å². The van der Waals surface area contributed by atoms with E-state index in [9.17, 15) is 0 Å². The topological polar surface area (TPSA) is 146 Å². The fourth-order valence-electron chi connectivity index (χ4n) is 21.2.